The van der Waals surface area contributed by atoms with Crippen LogP contribution in [0.5, 0.6) is 0 Å². The zero-order valence-electron chi connectivity index (χ0n) is 35.8. The van der Waals surface area contributed by atoms with Crippen LogP contribution in [0.15, 0.2) is 36.5 Å². The summed E-state index contributed by atoms with van der Waals surface area (Å²) in [6.07, 6.45) is 60.2. The van der Waals surface area contributed by atoms with Crippen molar-refractivity contribution < 1.29 is 15.0 Å². The fourth-order valence-electron chi connectivity index (χ4n) is 7.28. The first-order chi connectivity index (χ1) is 26.2. The number of aliphatic hydroxyl groups is 2. The summed E-state index contributed by atoms with van der Waals surface area (Å²) in [5.41, 5.74) is 0. The Bertz CT molecular complexity index is 806. The Morgan fingerprint density at radius 3 is 1.08 bits per heavy atom. The molecule has 4 heteroatoms. The first-order valence-electron chi connectivity index (χ1n) is 23.7. The zero-order valence-corrected chi connectivity index (χ0v) is 35.8. The summed E-state index contributed by atoms with van der Waals surface area (Å²) in [7, 11) is 0. The van der Waals surface area contributed by atoms with Gasteiger partial charge in [0.15, 0.2) is 0 Å². The maximum Gasteiger partial charge on any atom is 0.220 e. The number of rotatable bonds is 43. The van der Waals surface area contributed by atoms with Gasteiger partial charge in [-0.3, -0.25) is 4.79 Å². The second-order valence-electron chi connectivity index (χ2n) is 16.1. The summed E-state index contributed by atoms with van der Waals surface area (Å²) in [6, 6.07) is -0.641. The lowest BCUT2D eigenvalue weighted by Gasteiger charge is -2.19. The lowest BCUT2D eigenvalue weighted by molar-refractivity contribution is -0.123. The molecular formula is C49H93NO3. The Labute approximate surface area is 331 Å². The molecule has 0 aliphatic carbocycles. The molecule has 4 nitrogen and oxygen atoms in total. The van der Waals surface area contributed by atoms with E-state index in [2.05, 4.69) is 43.5 Å². The average Bonchev–Trinajstić information content (AvgIpc) is 3.16. The van der Waals surface area contributed by atoms with Crippen molar-refractivity contribution in [3.05, 3.63) is 36.5 Å². The standard InChI is InChI=1S/C49H93NO3/c1-3-5-7-9-11-13-15-16-17-18-19-20-21-22-23-24-25-26-27-28-29-30-31-32-33-34-35-37-39-41-43-45-49(53)50-47(46-51)48(52)44-42-40-38-36-14-12-10-8-6-4-2/h6,8,14,36,42,44,47-48,51-52H,3-5,7,9-13,15-35,37-41,43,45-46H2,1-2H3,(H,50,53)/b8-6+,36-14+,44-42+. The van der Waals surface area contributed by atoms with Crippen LogP contribution >= 0.6 is 0 Å². The van der Waals surface area contributed by atoms with E-state index in [9.17, 15) is 15.0 Å². The number of hydrogen-bond acceptors (Lipinski definition) is 3. The fourth-order valence-corrected chi connectivity index (χ4v) is 7.28. The van der Waals surface area contributed by atoms with E-state index in [4.69, 9.17) is 0 Å². The van der Waals surface area contributed by atoms with Crippen molar-refractivity contribution in [2.75, 3.05) is 6.61 Å². The van der Waals surface area contributed by atoms with Crippen LogP contribution in [0.4, 0.5) is 0 Å². The van der Waals surface area contributed by atoms with Crippen LogP contribution in [0, 0.1) is 0 Å². The molecule has 2 atom stereocenters. The monoisotopic (exact) mass is 744 g/mol. The molecule has 3 N–H and O–H groups in total. The van der Waals surface area contributed by atoms with Crippen LogP contribution in [0.25, 0.3) is 0 Å². The second kappa shape index (κ2) is 45.0. The van der Waals surface area contributed by atoms with Gasteiger partial charge in [0.1, 0.15) is 0 Å². The van der Waals surface area contributed by atoms with E-state index in [0.717, 1.165) is 44.9 Å². The molecule has 0 bridgehead atoms. The number of carbonyl (C=O) groups excluding carboxylic acids is 1. The van der Waals surface area contributed by atoms with Crippen molar-refractivity contribution >= 4 is 5.91 Å². The van der Waals surface area contributed by atoms with Crippen molar-refractivity contribution in [1.29, 1.82) is 0 Å². The molecule has 0 heterocycles. The first-order valence-corrected chi connectivity index (χ1v) is 23.7. The summed E-state index contributed by atoms with van der Waals surface area (Å²) in [5, 5.41) is 22.9. The number of allylic oxidation sites excluding steroid dienone is 5. The Hall–Kier alpha value is -1.39. The predicted octanol–water partition coefficient (Wildman–Crippen LogP) is 15.0. The number of carbonyl (C=O) groups is 1. The molecule has 1 amide bonds. The van der Waals surface area contributed by atoms with E-state index in [1.165, 1.54) is 186 Å². The smallest absolute Gasteiger partial charge is 0.220 e. The Kier molecular flexibility index (Phi) is 43.8. The van der Waals surface area contributed by atoms with E-state index in [1.807, 2.05) is 6.08 Å². The van der Waals surface area contributed by atoms with Gasteiger partial charge in [0.25, 0.3) is 0 Å². The van der Waals surface area contributed by atoms with Crippen molar-refractivity contribution in [3.8, 4) is 0 Å². The quantitative estimate of drug-likeness (QED) is 0.0430. The lowest BCUT2D eigenvalue weighted by atomic mass is 10.0. The van der Waals surface area contributed by atoms with Gasteiger partial charge in [-0.15, -0.1) is 0 Å². The Morgan fingerprint density at radius 1 is 0.453 bits per heavy atom. The van der Waals surface area contributed by atoms with Crippen molar-refractivity contribution in [1.82, 2.24) is 5.32 Å². The normalized spacial score (nSPS) is 13.2. The Morgan fingerprint density at radius 2 is 0.755 bits per heavy atom. The van der Waals surface area contributed by atoms with Crippen LogP contribution in [0.1, 0.15) is 251 Å². The number of amides is 1. The molecule has 53 heavy (non-hydrogen) atoms. The molecule has 0 spiro atoms. The fraction of sp³-hybridized carbons (Fsp3) is 0.857. The second-order valence-corrected chi connectivity index (χ2v) is 16.1. The van der Waals surface area contributed by atoms with E-state index >= 15 is 0 Å². The maximum atomic E-state index is 12.3. The SMILES string of the molecule is CC/C=C/CC/C=C/CC/C=C/C(O)C(CO)NC(=O)CCCCCCCCCCCCCCCCCCCCCCCCCCCCCCCCC. The third kappa shape index (κ3) is 41.6. The van der Waals surface area contributed by atoms with Gasteiger partial charge >= 0.3 is 0 Å². The summed E-state index contributed by atoms with van der Waals surface area (Å²) in [4.78, 5) is 12.3. The van der Waals surface area contributed by atoms with Crippen molar-refractivity contribution in [3.63, 3.8) is 0 Å². The summed E-state index contributed by atoms with van der Waals surface area (Å²) < 4.78 is 0. The van der Waals surface area contributed by atoms with E-state index in [0.29, 0.717) is 6.42 Å². The molecule has 0 aromatic heterocycles. The van der Waals surface area contributed by atoms with Crippen molar-refractivity contribution in [2.24, 2.45) is 0 Å². The largest absolute Gasteiger partial charge is 0.394 e. The third-order valence-electron chi connectivity index (χ3n) is 10.9. The van der Waals surface area contributed by atoms with Gasteiger partial charge in [-0.25, -0.2) is 0 Å². The molecule has 2 unspecified atom stereocenters. The molecule has 312 valence electrons. The maximum absolute atomic E-state index is 12.3. The van der Waals surface area contributed by atoms with Gasteiger partial charge < -0.3 is 15.5 Å². The van der Waals surface area contributed by atoms with Gasteiger partial charge in [0.2, 0.25) is 5.91 Å². The number of hydrogen-bond donors (Lipinski definition) is 3. The van der Waals surface area contributed by atoms with E-state index < -0.39 is 12.1 Å². The van der Waals surface area contributed by atoms with Gasteiger partial charge in [-0.05, 0) is 38.5 Å². The van der Waals surface area contributed by atoms with Crippen LogP contribution < -0.4 is 5.32 Å². The summed E-state index contributed by atoms with van der Waals surface area (Å²) in [5.74, 6) is -0.0769. The minimum atomic E-state index is -0.865. The molecule has 0 aromatic carbocycles. The van der Waals surface area contributed by atoms with Gasteiger partial charge in [0, 0.05) is 6.42 Å². The highest BCUT2D eigenvalue weighted by Crippen LogP contribution is 2.17. The number of unbranched alkanes of at least 4 members (excludes halogenated alkanes) is 32. The summed E-state index contributed by atoms with van der Waals surface area (Å²) >= 11 is 0. The Balaban J connectivity index is 3.40. The molecule has 0 radical (unpaired) electrons. The molecule has 0 aliphatic heterocycles. The third-order valence-corrected chi connectivity index (χ3v) is 10.9. The predicted molar refractivity (Wildman–Crippen MR) is 235 cm³/mol. The van der Waals surface area contributed by atoms with Gasteiger partial charge in [0.05, 0.1) is 18.8 Å². The highest BCUT2D eigenvalue weighted by molar-refractivity contribution is 5.76. The highest BCUT2D eigenvalue weighted by atomic mass is 16.3. The highest BCUT2D eigenvalue weighted by Gasteiger charge is 2.17. The molecule has 0 saturated carbocycles. The number of aliphatic hydroxyl groups excluding tert-OH is 2. The average molecular weight is 744 g/mol. The lowest BCUT2D eigenvalue weighted by Crippen LogP contribution is -2.45. The topological polar surface area (TPSA) is 69.6 Å². The molecule has 0 aliphatic rings. The minimum absolute atomic E-state index is 0.0769. The number of nitrogens with one attached hydrogen (secondary N) is 1. The molecule has 0 fully saturated rings. The first kappa shape index (κ1) is 51.6. The molecular weight excluding hydrogens is 651 g/mol. The van der Waals surface area contributed by atoms with Crippen LogP contribution in [0.3, 0.4) is 0 Å². The van der Waals surface area contributed by atoms with Crippen LogP contribution in [0.2, 0.25) is 0 Å². The van der Waals surface area contributed by atoms with E-state index in [1.54, 1.807) is 6.08 Å². The molecule has 0 aromatic rings. The van der Waals surface area contributed by atoms with Crippen molar-refractivity contribution in [2.45, 2.75) is 264 Å². The van der Waals surface area contributed by atoms with E-state index in [-0.39, 0.29) is 12.5 Å². The molecule has 0 rings (SSSR count). The van der Waals surface area contributed by atoms with Crippen LogP contribution in [-0.2, 0) is 4.79 Å². The molecule has 0 saturated heterocycles. The van der Waals surface area contributed by atoms with Gasteiger partial charge in [-0.2, -0.15) is 0 Å². The van der Waals surface area contributed by atoms with Crippen LogP contribution in [-0.4, -0.2) is 34.9 Å². The zero-order chi connectivity index (χ0) is 38.6. The van der Waals surface area contributed by atoms with Gasteiger partial charge in [-0.1, -0.05) is 243 Å². The minimum Gasteiger partial charge on any atom is -0.394 e. The summed E-state index contributed by atoms with van der Waals surface area (Å²) in [6.45, 7) is 4.18.